The van der Waals surface area contributed by atoms with Crippen molar-refractivity contribution in [1.29, 1.82) is 5.26 Å². The lowest BCUT2D eigenvalue weighted by Gasteiger charge is -2.32. The van der Waals surface area contributed by atoms with Gasteiger partial charge < -0.3 is 14.5 Å². The van der Waals surface area contributed by atoms with Crippen molar-refractivity contribution < 1.29 is 13.9 Å². The van der Waals surface area contributed by atoms with E-state index in [1.54, 1.807) is 30.5 Å². The topological polar surface area (TPSA) is 78.5 Å². The SMILES string of the molecule is N#Cc1ccccc1C(=O)NCC[C@H]1CN(Cc2ccco2)CCO1. The summed E-state index contributed by atoms with van der Waals surface area (Å²) in [6, 6.07) is 12.7. The molecule has 0 unspecified atom stereocenters. The second kappa shape index (κ2) is 8.47. The summed E-state index contributed by atoms with van der Waals surface area (Å²) >= 11 is 0. The van der Waals surface area contributed by atoms with Crippen molar-refractivity contribution in [1.82, 2.24) is 10.2 Å². The highest BCUT2D eigenvalue weighted by molar-refractivity contribution is 5.96. The molecule has 1 aromatic carbocycles. The highest BCUT2D eigenvalue weighted by atomic mass is 16.5. The van der Waals surface area contributed by atoms with Gasteiger partial charge in [-0.3, -0.25) is 9.69 Å². The van der Waals surface area contributed by atoms with Gasteiger partial charge in [-0.15, -0.1) is 0 Å². The number of nitriles is 1. The molecule has 2 aromatic rings. The van der Waals surface area contributed by atoms with Gasteiger partial charge in [0.05, 0.1) is 42.7 Å². The molecule has 1 saturated heterocycles. The number of benzene rings is 1. The quantitative estimate of drug-likeness (QED) is 0.873. The summed E-state index contributed by atoms with van der Waals surface area (Å²) in [6.07, 6.45) is 2.49. The number of nitrogens with zero attached hydrogens (tertiary/aromatic N) is 2. The predicted molar refractivity (Wildman–Crippen MR) is 91.8 cm³/mol. The highest BCUT2D eigenvalue weighted by Crippen LogP contribution is 2.13. The van der Waals surface area contributed by atoms with Crippen LogP contribution in [0.5, 0.6) is 0 Å². The Kier molecular flexibility index (Phi) is 5.83. The second-order valence-corrected chi connectivity index (χ2v) is 6.01. The van der Waals surface area contributed by atoms with Crippen molar-refractivity contribution in [3.63, 3.8) is 0 Å². The van der Waals surface area contributed by atoms with Gasteiger partial charge in [0, 0.05) is 19.6 Å². The molecule has 130 valence electrons. The van der Waals surface area contributed by atoms with Crippen molar-refractivity contribution in [3.05, 3.63) is 59.5 Å². The predicted octanol–water partition coefficient (Wildman–Crippen LogP) is 2.17. The smallest absolute Gasteiger partial charge is 0.252 e. The molecule has 1 aliphatic heterocycles. The maximum absolute atomic E-state index is 12.2. The van der Waals surface area contributed by atoms with Crippen LogP contribution in [0.4, 0.5) is 0 Å². The normalized spacial score (nSPS) is 17.8. The first-order chi connectivity index (χ1) is 12.3. The lowest BCUT2D eigenvalue weighted by Crippen LogP contribution is -2.43. The van der Waals surface area contributed by atoms with Crippen molar-refractivity contribution >= 4 is 5.91 Å². The first kappa shape index (κ1) is 17.2. The Hall–Kier alpha value is -2.62. The lowest BCUT2D eigenvalue weighted by atomic mass is 10.1. The van der Waals surface area contributed by atoms with Crippen LogP contribution in [0.25, 0.3) is 0 Å². The molecule has 6 nitrogen and oxygen atoms in total. The molecular weight excluding hydrogens is 318 g/mol. The molecule has 1 atom stereocenters. The number of rotatable bonds is 6. The Labute approximate surface area is 147 Å². The van der Waals surface area contributed by atoms with E-state index in [0.29, 0.717) is 24.3 Å². The monoisotopic (exact) mass is 339 g/mol. The summed E-state index contributed by atoms with van der Waals surface area (Å²) < 4.78 is 11.2. The minimum Gasteiger partial charge on any atom is -0.468 e. The van der Waals surface area contributed by atoms with Gasteiger partial charge in [0.2, 0.25) is 0 Å². The van der Waals surface area contributed by atoms with Crippen LogP contribution in [-0.4, -0.2) is 43.2 Å². The van der Waals surface area contributed by atoms with Gasteiger partial charge >= 0.3 is 0 Å². The van der Waals surface area contributed by atoms with Gasteiger partial charge in [0.1, 0.15) is 5.76 Å². The molecule has 2 heterocycles. The van der Waals surface area contributed by atoms with Crippen molar-refractivity contribution in [2.75, 3.05) is 26.2 Å². The summed E-state index contributed by atoms with van der Waals surface area (Å²) in [5.41, 5.74) is 0.799. The molecule has 1 aliphatic rings. The molecule has 1 aromatic heterocycles. The Morgan fingerprint density at radius 2 is 2.20 bits per heavy atom. The minimum absolute atomic E-state index is 0.0789. The average molecular weight is 339 g/mol. The summed E-state index contributed by atoms with van der Waals surface area (Å²) in [4.78, 5) is 14.5. The van der Waals surface area contributed by atoms with Crippen LogP contribution in [0.2, 0.25) is 0 Å². The molecule has 1 fully saturated rings. The Bertz CT molecular complexity index is 737. The van der Waals surface area contributed by atoms with Gasteiger partial charge in [0.15, 0.2) is 0 Å². The fourth-order valence-corrected chi connectivity index (χ4v) is 2.94. The van der Waals surface area contributed by atoms with E-state index >= 15 is 0 Å². The fourth-order valence-electron chi connectivity index (χ4n) is 2.94. The zero-order valence-corrected chi connectivity index (χ0v) is 14.0. The standard InChI is InChI=1S/C19H21N3O3/c20-12-15-4-1-2-6-18(15)19(23)21-8-7-17-14-22(9-11-25-17)13-16-5-3-10-24-16/h1-6,10,17H,7-9,11,13-14H2,(H,21,23)/t17-/m0/s1. The van der Waals surface area contributed by atoms with E-state index < -0.39 is 0 Å². The van der Waals surface area contributed by atoms with Crippen LogP contribution in [0.3, 0.4) is 0 Å². The van der Waals surface area contributed by atoms with E-state index in [-0.39, 0.29) is 12.0 Å². The third-order valence-electron chi connectivity index (χ3n) is 4.23. The minimum atomic E-state index is -0.222. The molecule has 3 rings (SSSR count). The molecule has 0 saturated carbocycles. The zero-order chi connectivity index (χ0) is 17.5. The summed E-state index contributed by atoms with van der Waals surface area (Å²) in [6.45, 7) is 3.65. The van der Waals surface area contributed by atoms with E-state index in [2.05, 4.69) is 10.2 Å². The lowest BCUT2D eigenvalue weighted by molar-refractivity contribution is -0.0358. The van der Waals surface area contributed by atoms with Crippen LogP contribution in [0, 0.1) is 11.3 Å². The average Bonchev–Trinajstić information content (AvgIpc) is 3.15. The largest absolute Gasteiger partial charge is 0.468 e. The summed E-state index contributed by atoms with van der Waals surface area (Å²) in [7, 11) is 0. The number of carbonyl (C=O) groups is 1. The summed E-state index contributed by atoms with van der Waals surface area (Å²) in [5.74, 6) is 0.725. The number of nitrogens with one attached hydrogen (secondary N) is 1. The van der Waals surface area contributed by atoms with Gasteiger partial charge in [-0.05, 0) is 30.7 Å². The van der Waals surface area contributed by atoms with Gasteiger partial charge in [-0.1, -0.05) is 12.1 Å². The Morgan fingerprint density at radius 1 is 1.32 bits per heavy atom. The fraction of sp³-hybridized carbons (Fsp3) is 0.368. The Balaban J connectivity index is 1.45. The number of furan rings is 1. The molecule has 0 spiro atoms. The maximum atomic E-state index is 12.2. The molecule has 0 radical (unpaired) electrons. The first-order valence-electron chi connectivity index (χ1n) is 8.40. The molecule has 1 N–H and O–H groups in total. The van der Waals surface area contributed by atoms with Crippen LogP contribution in [0.1, 0.15) is 28.1 Å². The first-order valence-corrected chi connectivity index (χ1v) is 8.40. The second-order valence-electron chi connectivity index (χ2n) is 6.01. The third-order valence-corrected chi connectivity index (χ3v) is 4.23. The van der Waals surface area contributed by atoms with Gasteiger partial charge in [-0.25, -0.2) is 0 Å². The van der Waals surface area contributed by atoms with Crippen molar-refractivity contribution in [2.24, 2.45) is 0 Å². The van der Waals surface area contributed by atoms with E-state index in [1.807, 2.05) is 18.2 Å². The third kappa shape index (κ3) is 4.69. The zero-order valence-electron chi connectivity index (χ0n) is 14.0. The number of morpholine rings is 1. The van der Waals surface area contributed by atoms with Crippen molar-refractivity contribution in [3.8, 4) is 6.07 Å². The van der Waals surface area contributed by atoms with Crippen molar-refractivity contribution in [2.45, 2.75) is 19.1 Å². The molecule has 25 heavy (non-hydrogen) atoms. The maximum Gasteiger partial charge on any atom is 0.252 e. The number of hydrogen-bond donors (Lipinski definition) is 1. The Morgan fingerprint density at radius 3 is 3.00 bits per heavy atom. The molecule has 0 bridgehead atoms. The number of hydrogen-bond acceptors (Lipinski definition) is 5. The van der Waals surface area contributed by atoms with Crippen LogP contribution < -0.4 is 5.32 Å². The van der Waals surface area contributed by atoms with Crippen LogP contribution in [0.15, 0.2) is 47.1 Å². The van der Waals surface area contributed by atoms with Gasteiger partial charge in [0.25, 0.3) is 5.91 Å². The highest BCUT2D eigenvalue weighted by Gasteiger charge is 2.21. The van der Waals surface area contributed by atoms with Gasteiger partial charge in [-0.2, -0.15) is 5.26 Å². The number of amides is 1. The van der Waals surface area contributed by atoms with E-state index in [4.69, 9.17) is 14.4 Å². The summed E-state index contributed by atoms with van der Waals surface area (Å²) in [5, 5.41) is 11.9. The number of ether oxygens (including phenoxy) is 1. The molecule has 6 heteroatoms. The number of carbonyl (C=O) groups excluding carboxylic acids is 1. The van der Waals surface area contributed by atoms with Crippen LogP contribution in [-0.2, 0) is 11.3 Å². The van der Waals surface area contributed by atoms with E-state index in [9.17, 15) is 4.79 Å². The van der Waals surface area contributed by atoms with E-state index in [0.717, 1.165) is 31.8 Å². The van der Waals surface area contributed by atoms with E-state index in [1.165, 1.54) is 0 Å². The molecule has 1 amide bonds. The van der Waals surface area contributed by atoms with Crippen LogP contribution >= 0.6 is 0 Å². The molecular formula is C19H21N3O3. The molecule has 0 aliphatic carbocycles.